The van der Waals surface area contributed by atoms with Crippen LogP contribution in [0.25, 0.3) is 0 Å². The summed E-state index contributed by atoms with van der Waals surface area (Å²) in [4.78, 5) is 43.9. The number of rotatable bonds is 5. The van der Waals surface area contributed by atoms with Crippen LogP contribution >= 0.6 is 0 Å². The molecule has 1 aromatic rings. The summed E-state index contributed by atoms with van der Waals surface area (Å²) in [5.41, 5.74) is 3.90. The summed E-state index contributed by atoms with van der Waals surface area (Å²) in [6.45, 7) is 0. The zero-order valence-corrected chi connectivity index (χ0v) is 9.07. The second kappa shape index (κ2) is 5.13. The lowest BCUT2D eigenvalue weighted by molar-refractivity contribution is -0.142. The number of carbonyl (C=O) groups is 3. The Balaban J connectivity index is 3.30. The van der Waals surface area contributed by atoms with Gasteiger partial charge in [0.2, 0.25) is 5.91 Å². The number of primary amides is 1. The SMILES string of the molecule is NC(=O)C[C@@H](C(=O)O)n1cc(C(=O)O)ccc1=O. The molecular weight excluding hydrogens is 244 g/mol. The Bertz CT molecular complexity index is 562. The fourth-order valence-corrected chi connectivity index (χ4v) is 1.37. The maximum Gasteiger partial charge on any atom is 0.337 e. The molecule has 1 atom stereocenters. The molecule has 0 aliphatic heterocycles. The van der Waals surface area contributed by atoms with Crippen molar-refractivity contribution in [2.75, 3.05) is 0 Å². The zero-order valence-electron chi connectivity index (χ0n) is 9.07. The lowest BCUT2D eigenvalue weighted by atomic mass is 10.1. The van der Waals surface area contributed by atoms with E-state index in [0.29, 0.717) is 4.57 Å². The number of aliphatic carboxylic acids is 1. The van der Waals surface area contributed by atoms with Crippen LogP contribution in [0.5, 0.6) is 0 Å². The highest BCUT2D eigenvalue weighted by Gasteiger charge is 2.23. The summed E-state index contributed by atoms with van der Waals surface area (Å²) in [5.74, 6) is -3.67. The molecule has 0 aliphatic rings. The minimum atomic E-state index is -1.52. The van der Waals surface area contributed by atoms with Crippen molar-refractivity contribution in [1.82, 2.24) is 4.57 Å². The maximum atomic E-state index is 11.5. The number of aromatic carboxylic acids is 1. The van der Waals surface area contributed by atoms with E-state index >= 15 is 0 Å². The molecular formula is C10H10N2O6. The highest BCUT2D eigenvalue weighted by molar-refractivity contribution is 5.87. The van der Waals surface area contributed by atoms with Crippen LogP contribution in [0.3, 0.4) is 0 Å². The van der Waals surface area contributed by atoms with Crippen LogP contribution in [-0.4, -0.2) is 32.6 Å². The minimum absolute atomic E-state index is 0.259. The average Bonchev–Trinajstić information content (AvgIpc) is 2.26. The van der Waals surface area contributed by atoms with E-state index in [0.717, 1.165) is 18.3 Å². The number of hydrogen-bond donors (Lipinski definition) is 3. The van der Waals surface area contributed by atoms with Crippen molar-refractivity contribution in [2.45, 2.75) is 12.5 Å². The third kappa shape index (κ3) is 2.94. The molecule has 0 unspecified atom stereocenters. The molecule has 18 heavy (non-hydrogen) atoms. The Morgan fingerprint density at radius 2 is 1.89 bits per heavy atom. The van der Waals surface area contributed by atoms with Gasteiger partial charge in [-0.25, -0.2) is 9.59 Å². The predicted molar refractivity (Wildman–Crippen MR) is 58.1 cm³/mol. The van der Waals surface area contributed by atoms with Crippen molar-refractivity contribution in [3.05, 3.63) is 34.2 Å². The molecule has 0 fully saturated rings. The quantitative estimate of drug-likeness (QED) is 0.618. The molecule has 1 heterocycles. The number of amides is 1. The first-order valence-electron chi connectivity index (χ1n) is 4.79. The van der Waals surface area contributed by atoms with Crippen molar-refractivity contribution < 1.29 is 24.6 Å². The Labute approximate surface area is 100 Å². The fraction of sp³-hybridized carbons (Fsp3) is 0.200. The van der Waals surface area contributed by atoms with Crippen molar-refractivity contribution in [1.29, 1.82) is 0 Å². The van der Waals surface area contributed by atoms with E-state index in [1.807, 2.05) is 0 Å². The number of nitrogens with two attached hydrogens (primary N) is 1. The van der Waals surface area contributed by atoms with Gasteiger partial charge in [0, 0.05) is 12.3 Å². The molecule has 1 aromatic heterocycles. The highest BCUT2D eigenvalue weighted by Crippen LogP contribution is 2.10. The van der Waals surface area contributed by atoms with Crippen molar-refractivity contribution in [3.63, 3.8) is 0 Å². The van der Waals surface area contributed by atoms with E-state index in [4.69, 9.17) is 15.9 Å². The largest absolute Gasteiger partial charge is 0.480 e. The molecule has 4 N–H and O–H groups in total. The Kier molecular flexibility index (Phi) is 3.82. The summed E-state index contributed by atoms with van der Waals surface area (Å²) in [6, 6.07) is 0.444. The van der Waals surface area contributed by atoms with Crippen molar-refractivity contribution >= 4 is 17.8 Å². The summed E-state index contributed by atoms with van der Waals surface area (Å²) in [5, 5.41) is 17.7. The van der Waals surface area contributed by atoms with E-state index in [1.165, 1.54) is 0 Å². The molecule has 0 bridgehead atoms. The maximum absolute atomic E-state index is 11.5. The van der Waals surface area contributed by atoms with Gasteiger partial charge in [-0.3, -0.25) is 14.2 Å². The fourth-order valence-electron chi connectivity index (χ4n) is 1.37. The van der Waals surface area contributed by atoms with Gasteiger partial charge < -0.3 is 15.9 Å². The van der Waals surface area contributed by atoms with E-state index in [-0.39, 0.29) is 5.56 Å². The molecule has 0 aromatic carbocycles. The standard InChI is InChI=1S/C10H10N2O6/c11-7(13)3-6(10(17)18)12-4-5(9(15)16)1-2-8(12)14/h1-2,4,6H,3H2,(H2,11,13)(H,15,16)(H,17,18)/t6-/m0/s1. The van der Waals surface area contributed by atoms with Crippen molar-refractivity contribution in [3.8, 4) is 0 Å². The number of aromatic nitrogens is 1. The second-order valence-corrected chi connectivity index (χ2v) is 3.49. The Morgan fingerprint density at radius 1 is 1.28 bits per heavy atom. The van der Waals surface area contributed by atoms with E-state index in [9.17, 15) is 19.2 Å². The molecule has 0 saturated carbocycles. The number of carboxylic acids is 2. The van der Waals surface area contributed by atoms with Gasteiger partial charge >= 0.3 is 11.9 Å². The lowest BCUT2D eigenvalue weighted by Crippen LogP contribution is -2.33. The number of pyridine rings is 1. The third-order valence-corrected chi connectivity index (χ3v) is 2.20. The van der Waals surface area contributed by atoms with Crippen LogP contribution in [0, 0.1) is 0 Å². The molecule has 8 nitrogen and oxygen atoms in total. The van der Waals surface area contributed by atoms with Crippen LogP contribution in [0.15, 0.2) is 23.1 Å². The summed E-state index contributed by atoms with van der Waals surface area (Å²) >= 11 is 0. The smallest absolute Gasteiger partial charge is 0.337 e. The Morgan fingerprint density at radius 3 is 2.33 bits per heavy atom. The van der Waals surface area contributed by atoms with Gasteiger partial charge in [0.25, 0.3) is 5.56 Å². The molecule has 1 rings (SSSR count). The van der Waals surface area contributed by atoms with Crippen molar-refractivity contribution in [2.24, 2.45) is 5.73 Å². The van der Waals surface area contributed by atoms with Crippen LogP contribution in [0.1, 0.15) is 22.8 Å². The van der Waals surface area contributed by atoms with E-state index in [2.05, 4.69) is 0 Å². The number of carboxylic acid groups (broad SMARTS) is 2. The second-order valence-electron chi connectivity index (χ2n) is 3.49. The number of hydrogen-bond acceptors (Lipinski definition) is 4. The zero-order chi connectivity index (χ0) is 13.9. The Hall–Kier alpha value is -2.64. The number of carbonyl (C=O) groups excluding carboxylic acids is 1. The topological polar surface area (TPSA) is 140 Å². The van der Waals surface area contributed by atoms with Gasteiger partial charge in [0.1, 0.15) is 6.04 Å². The molecule has 0 radical (unpaired) electrons. The van der Waals surface area contributed by atoms with Crippen LogP contribution in [0.4, 0.5) is 0 Å². The van der Waals surface area contributed by atoms with E-state index in [1.54, 1.807) is 0 Å². The first-order chi connectivity index (χ1) is 8.32. The molecule has 0 saturated heterocycles. The monoisotopic (exact) mass is 254 g/mol. The summed E-state index contributed by atoms with van der Waals surface area (Å²) < 4.78 is 0.663. The normalized spacial score (nSPS) is 11.8. The van der Waals surface area contributed by atoms with Crippen LogP contribution < -0.4 is 11.3 Å². The van der Waals surface area contributed by atoms with Gasteiger partial charge in [0.05, 0.1) is 12.0 Å². The average molecular weight is 254 g/mol. The molecule has 0 aliphatic carbocycles. The van der Waals surface area contributed by atoms with Crippen LogP contribution in [0.2, 0.25) is 0 Å². The molecule has 1 amide bonds. The first-order valence-corrected chi connectivity index (χ1v) is 4.79. The van der Waals surface area contributed by atoms with Gasteiger partial charge in [-0.1, -0.05) is 0 Å². The summed E-state index contributed by atoms with van der Waals surface area (Å²) in [7, 11) is 0. The van der Waals surface area contributed by atoms with Crippen LogP contribution in [-0.2, 0) is 9.59 Å². The molecule has 0 spiro atoms. The van der Waals surface area contributed by atoms with E-state index < -0.39 is 35.9 Å². The predicted octanol–water partition coefficient (Wildman–Crippen LogP) is -0.952. The highest BCUT2D eigenvalue weighted by atomic mass is 16.4. The van der Waals surface area contributed by atoms with Gasteiger partial charge in [0.15, 0.2) is 0 Å². The van der Waals surface area contributed by atoms with Gasteiger partial charge in [-0.2, -0.15) is 0 Å². The molecule has 96 valence electrons. The van der Waals surface area contributed by atoms with Gasteiger partial charge in [-0.05, 0) is 6.07 Å². The molecule has 8 heteroatoms. The third-order valence-electron chi connectivity index (χ3n) is 2.20. The lowest BCUT2D eigenvalue weighted by Gasteiger charge is -2.14. The minimum Gasteiger partial charge on any atom is -0.480 e. The first kappa shape index (κ1) is 13.4. The summed E-state index contributed by atoms with van der Waals surface area (Å²) in [6.07, 6.45) is 0.269. The number of nitrogens with zero attached hydrogens (tertiary/aromatic N) is 1. The van der Waals surface area contributed by atoms with Gasteiger partial charge in [-0.15, -0.1) is 0 Å².